The van der Waals surface area contributed by atoms with E-state index >= 15 is 0 Å². The fourth-order valence-electron chi connectivity index (χ4n) is 5.21. The Balaban J connectivity index is 1.50. The van der Waals surface area contributed by atoms with E-state index in [0.29, 0.717) is 23.9 Å². The molecular formula is C28H38ClN3O3. The van der Waals surface area contributed by atoms with Crippen molar-refractivity contribution in [2.45, 2.75) is 90.0 Å². The highest BCUT2D eigenvalue weighted by atomic mass is 35.5. The molecule has 0 unspecified atom stereocenters. The number of nitrogens with one attached hydrogen (secondary N) is 2. The van der Waals surface area contributed by atoms with E-state index < -0.39 is 12.1 Å². The first-order valence-corrected chi connectivity index (χ1v) is 13.0. The Labute approximate surface area is 213 Å². The highest BCUT2D eigenvalue weighted by Gasteiger charge is 2.46. The van der Waals surface area contributed by atoms with Crippen LogP contribution < -0.4 is 15.4 Å². The maximum absolute atomic E-state index is 11.9. The number of pyridine rings is 1. The lowest BCUT2D eigenvalue weighted by Crippen LogP contribution is -2.52. The van der Waals surface area contributed by atoms with Gasteiger partial charge in [-0.2, -0.15) is 0 Å². The van der Waals surface area contributed by atoms with Gasteiger partial charge in [-0.15, -0.1) is 0 Å². The van der Waals surface area contributed by atoms with E-state index in [4.69, 9.17) is 21.3 Å². The van der Waals surface area contributed by atoms with Gasteiger partial charge in [-0.25, -0.2) is 4.98 Å². The Bertz CT molecular complexity index is 1050. The van der Waals surface area contributed by atoms with E-state index in [0.717, 1.165) is 43.2 Å². The van der Waals surface area contributed by atoms with Crippen LogP contribution in [-0.4, -0.2) is 40.3 Å². The lowest BCUT2D eigenvalue weighted by molar-refractivity contribution is -0.120. The van der Waals surface area contributed by atoms with E-state index in [1.165, 1.54) is 12.5 Å². The van der Waals surface area contributed by atoms with Crippen molar-refractivity contribution in [1.82, 2.24) is 15.6 Å². The standard InChI is InChI=1S/C28H38ClN3O3/c1-18(33)32-23(13-19-7-5-8-21(29)11-19)25(34)17-30-24-15-28(9-6-10-28)35-26-22(24)12-20(16-31-26)14-27(2,3)4/h5,7-8,11-12,16,23-25,30,34H,6,9-10,13-15,17H2,1-4H3,(H,32,33)/t23-,24-,25-/m0/s1. The predicted molar refractivity (Wildman–Crippen MR) is 139 cm³/mol. The highest BCUT2D eigenvalue weighted by molar-refractivity contribution is 6.30. The van der Waals surface area contributed by atoms with Crippen LogP contribution in [0.3, 0.4) is 0 Å². The summed E-state index contributed by atoms with van der Waals surface area (Å²) in [7, 11) is 0. The number of aromatic nitrogens is 1. The zero-order valence-corrected chi connectivity index (χ0v) is 22.0. The number of carbonyl (C=O) groups is 1. The van der Waals surface area contributed by atoms with Crippen LogP contribution >= 0.6 is 11.6 Å². The van der Waals surface area contributed by atoms with Crippen molar-refractivity contribution in [1.29, 1.82) is 0 Å². The Hall–Kier alpha value is -2.15. The fraction of sp³-hybridized carbons (Fsp3) is 0.571. The smallest absolute Gasteiger partial charge is 0.218 e. The van der Waals surface area contributed by atoms with Crippen LogP contribution in [0, 0.1) is 5.41 Å². The number of rotatable bonds is 8. The number of aliphatic hydroxyl groups is 1. The third-order valence-electron chi connectivity index (χ3n) is 6.97. The lowest BCUT2D eigenvalue weighted by Gasteiger charge is -2.47. The fourth-order valence-corrected chi connectivity index (χ4v) is 5.43. The van der Waals surface area contributed by atoms with Crippen molar-refractivity contribution in [2.75, 3.05) is 6.54 Å². The van der Waals surface area contributed by atoms with Crippen molar-refractivity contribution in [3.05, 3.63) is 58.2 Å². The van der Waals surface area contributed by atoms with Gasteiger partial charge in [-0.1, -0.05) is 44.5 Å². The molecule has 1 aromatic carbocycles. The minimum absolute atomic E-state index is 0.0327. The van der Waals surface area contributed by atoms with Gasteiger partial charge in [-0.3, -0.25) is 4.79 Å². The van der Waals surface area contributed by atoms with Crippen LogP contribution in [0.15, 0.2) is 36.5 Å². The first kappa shape index (κ1) is 25.9. The molecule has 3 atom stereocenters. The highest BCUT2D eigenvalue weighted by Crippen LogP contribution is 2.48. The van der Waals surface area contributed by atoms with Gasteiger partial charge in [0.25, 0.3) is 0 Å². The van der Waals surface area contributed by atoms with Gasteiger partial charge in [-0.05, 0) is 66.8 Å². The van der Waals surface area contributed by atoms with E-state index in [9.17, 15) is 9.90 Å². The first-order chi connectivity index (χ1) is 16.5. The van der Waals surface area contributed by atoms with Gasteiger partial charge in [0.15, 0.2) is 0 Å². The Morgan fingerprint density at radius 1 is 1.29 bits per heavy atom. The predicted octanol–water partition coefficient (Wildman–Crippen LogP) is 4.77. The molecule has 2 aliphatic rings. The summed E-state index contributed by atoms with van der Waals surface area (Å²) in [6, 6.07) is 9.34. The molecule has 35 heavy (non-hydrogen) atoms. The van der Waals surface area contributed by atoms with E-state index in [1.54, 1.807) is 0 Å². The number of hydrogen-bond donors (Lipinski definition) is 3. The number of ether oxygens (including phenoxy) is 1. The van der Waals surface area contributed by atoms with Crippen LogP contribution in [-0.2, 0) is 17.6 Å². The summed E-state index contributed by atoms with van der Waals surface area (Å²) in [6.45, 7) is 8.49. The summed E-state index contributed by atoms with van der Waals surface area (Å²) in [5, 5.41) is 18.3. The molecule has 4 rings (SSSR count). The number of nitrogens with zero attached hydrogens (tertiary/aromatic N) is 1. The molecule has 190 valence electrons. The van der Waals surface area contributed by atoms with Crippen LogP contribution in [0.2, 0.25) is 5.02 Å². The van der Waals surface area contributed by atoms with Gasteiger partial charge >= 0.3 is 0 Å². The van der Waals surface area contributed by atoms with Crippen molar-refractivity contribution in [2.24, 2.45) is 5.41 Å². The minimum Gasteiger partial charge on any atom is -0.471 e. The Morgan fingerprint density at radius 3 is 2.69 bits per heavy atom. The van der Waals surface area contributed by atoms with Crippen molar-refractivity contribution >= 4 is 17.5 Å². The molecule has 1 spiro atoms. The molecule has 2 aromatic rings. The number of fused-ring (bicyclic) bond motifs is 1. The summed E-state index contributed by atoms with van der Waals surface area (Å²) in [5.74, 6) is 0.537. The number of benzene rings is 1. The maximum Gasteiger partial charge on any atom is 0.218 e. The second-order valence-corrected chi connectivity index (χ2v) is 11.9. The second kappa shape index (κ2) is 10.5. The average Bonchev–Trinajstić information content (AvgIpc) is 2.74. The summed E-state index contributed by atoms with van der Waals surface area (Å²) in [5.41, 5.74) is 3.21. The Morgan fingerprint density at radius 2 is 2.06 bits per heavy atom. The van der Waals surface area contributed by atoms with E-state index in [-0.39, 0.29) is 23.0 Å². The zero-order chi connectivity index (χ0) is 25.2. The molecule has 1 aliphatic heterocycles. The molecule has 2 heterocycles. The molecule has 0 saturated heterocycles. The van der Waals surface area contributed by atoms with Gasteiger partial charge in [0, 0.05) is 42.7 Å². The number of amides is 1. The lowest BCUT2D eigenvalue weighted by atomic mass is 9.73. The van der Waals surface area contributed by atoms with Crippen molar-refractivity contribution in [3.63, 3.8) is 0 Å². The van der Waals surface area contributed by atoms with Crippen LogP contribution in [0.5, 0.6) is 5.88 Å². The zero-order valence-electron chi connectivity index (χ0n) is 21.2. The summed E-state index contributed by atoms with van der Waals surface area (Å²) >= 11 is 6.14. The second-order valence-electron chi connectivity index (χ2n) is 11.5. The average molecular weight is 500 g/mol. The summed E-state index contributed by atoms with van der Waals surface area (Å²) < 4.78 is 6.38. The van der Waals surface area contributed by atoms with Gasteiger partial charge in [0.05, 0.1) is 12.1 Å². The topological polar surface area (TPSA) is 83.5 Å². The number of carbonyl (C=O) groups excluding carboxylic acids is 1. The van der Waals surface area contributed by atoms with E-state index in [1.807, 2.05) is 30.5 Å². The third kappa shape index (κ3) is 6.75. The molecular weight excluding hydrogens is 462 g/mol. The molecule has 0 radical (unpaired) electrons. The number of aliphatic hydroxyl groups excluding tert-OH is 1. The summed E-state index contributed by atoms with van der Waals surface area (Å²) in [4.78, 5) is 16.6. The van der Waals surface area contributed by atoms with E-state index in [2.05, 4.69) is 37.5 Å². The Kier molecular flexibility index (Phi) is 7.74. The summed E-state index contributed by atoms with van der Waals surface area (Å²) in [6.07, 6.45) is 6.66. The van der Waals surface area contributed by atoms with Gasteiger partial charge in [0.1, 0.15) is 5.60 Å². The maximum atomic E-state index is 11.9. The molecule has 1 amide bonds. The number of hydrogen-bond acceptors (Lipinski definition) is 5. The molecule has 1 saturated carbocycles. The molecule has 7 heteroatoms. The molecule has 1 fully saturated rings. The quantitative estimate of drug-likeness (QED) is 0.487. The van der Waals surface area contributed by atoms with Crippen LogP contribution in [0.25, 0.3) is 0 Å². The van der Waals surface area contributed by atoms with Crippen molar-refractivity contribution in [3.8, 4) is 5.88 Å². The first-order valence-electron chi connectivity index (χ1n) is 12.6. The third-order valence-corrected chi connectivity index (χ3v) is 7.21. The monoisotopic (exact) mass is 499 g/mol. The molecule has 3 N–H and O–H groups in total. The van der Waals surface area contributed by atoms with Gasteiger partial charge < -0.3 is 20.5 Å². The molecule has 0 bridgehead atoms. The van der Waals surface area contributed by atoms with Gasteiger partial charge in [0.2, 0.25) is 11.8 Å². The largest absolute Gasteiger partial charge is 0.471 e. The molecule has 1 aromatic heterocycles. The van der Waals surface area contributed by atoms with Crippen LogP contribution in [0.1, 0.15) is 76.1 Å². The minimum atomic E-state index is -0.771. The number of halogens is 1. The van der Waals surface area contributed by atoms with Crippen LogP contribution in [0.4, 0.5) is 0 Å². The SMILES string of the molecule is CC(=O)N[C@@H](Cc1cccc(Cl)c1)[C@@H](O)CN[C@H]1CC2(CCC2)Oc2ncc(CC(C)(C)C)cc21. The normalized spacial score (nSPS) is 20.3. The molecule has 6 nitrogen and oxygen atoms in total. The molecule has 1 aliphatic carbocycles. The van der Waals surface area contributed by atoms with Crippen molar-refractivity contribution < 1.29 is 14.6 Å².